The van der Waals surface area contributed by atoms with Crippen LogP contribution in [0.1, 0.15) is 56.3 Å². The first-order valence-corrected chi connectivity index (χ1v) is 10.6. The maximum absolute atomic E-state index is 13.3. The molecule has 2 radical (unpaired) electrons. The Balaban J connectivity index is 0.00000129. The fraction of sp³-hybridized carbons (Fsp3) is 0.375. The van der Waals surface area contributed by atoms with Crippen molar-refractivity contribution < 1.29 is 13.2 Å². The number of nitrogens with zero attached hydrogens (tertiary/aromatic N) is 3. The van der Waals surface area contributed by atoms with E-state index in [-0.39, 0.29) is 16.8 Å². The van der Waals surface area contributed by atoms with E-state index in [1.807, 2.05) is 27.7 Å². The van der Waals surface area contributed by atoms with Gasteiger partial charge in [0.1, 0.15) is 31.2 Å². The van der Waals surface area contributed by atoms with Gasteiger partial charge in [0.15, 0.2) is 0 Å². The molecule has 1 unspecified atom stereocenters. The highest BCUT2D eigenvalue weighted by molar-refractivity contribution is 6.32. The zero-order valence-electron chi connectivity index (χ0n) is 19.9. The summed E-state index contributed by atoms with van der Waals surface area (Å²) in [6.07, 6.45) is 1.13. The van der Waals surface area contributed by atoms with Crippen LogP contribution < -0.4 is 16.3 Å². The van der Waals surface area contributed by atoms with Crippen molar-refractivity contribution in [3.05, 3.63) is 57.1 Å². The Morgan fingerprint density at radius 3 is 2.30 bits per heavy atom. The van der Waals surface area contributed by atoms with Gasteiger partial charge < -0.3 is 5.32 Å². The molecule has 0 aliphatic rings. The lowest BCUT2D eigenvalue weighted by atomic mass is 9.95. The van der Waals surface area contributed by atoms with Crippen molar-refractivity contribution in [2.24, 2.45) is 7.05 Å². The summed E-state index contributed by atoms with van der Waals surface area (Å²) < 4.78 is 41.1. The van der Waals surface area contributed by atoms with Crippen LogP contribution >= 0.6 is 0 Å². The second-order valence-electron chi connectivity index (χ2n) is 6.58. The molecular weight excluding hydrogens is 428 g/mol. The van der Waals surface area contributed by atoms with Gasteiger partial charge in [-0.25, -0.2) is 9.97 Å². The van der Waals surface area contributed by atoms with Gasteiger partial charge in [0, 0.05) is 7.05 Å². The molecule has 1 N–H and O–H groups in total. The van der Waals surface area contributed by atoms with Crippen LogP contribution in [-0.4, -0.2) is 22.4 Å². The van der Waals surface area contributed by atoms with Crippen LogP contribution in [0.15, 0.2) is 29.1 Å². The average Bonchev–Trinajstić information content (AvgIpc) is 2.79. The maximum Gasteiger partial charge on any atom is 0.416 e. The lowest BCUT2D eigenvalue weighted by molar-refractivity contribution is -0.138. The molecule has 3 rings (SSSR count). The number of benzene rings is 1. The molecule has 0 bridgehead atoms. The van der Waals surface area contributed by atoms with Crippen LogP contribution in [0, 0.1) is 26.2 Å². The Morgan fingerprint density at radius 2 is 1.76 bits per heavy atom. The highest BCUT2D eigenvalue weighted by Crippen LogP contribution is 2.35. The van der Waals surface area contributed by atoms with Crippen LogP contribution in [0.3, 0.4) is 0 Å². The van der Waals surface area contributed by atoms with Crippen molar-refractivity contribution in [2.45, 2.75) is 53.8 Å². The summed E-state index contributed by atoms with van der Waals surface area (Å²) in [5.41, 5.74) is -0.531. The molecule has 0 aliphatic heterocycles. The molecular formula is C24H28BF3N4O. The number of rotatable bonds is 3. The lowest BCUT2D eigenvalue weighted by Gasteiger charge is -2.21. The molecule has 5 nitrogen and oxygen atoms in total. The third kappa shape index (κ3) is 5.95. The number of aromatic nitrogens is 3. The number of aryl methyl sites for hydroxylation is 2. The van der Waals surface area contributed by atoms with Crippen molar-refractivity contribution in [3.8, 4) is 12.3 Å². The Morgan fingerprint density at radius 1 is 1.15 bits per heavy atom. The number of fused-ring (bicyclic) bond motifs is 1. The van der Waals surface area contributed by atoms with Gasteiger partial charge in [0.05, 0.1) is 10.9 Å². The maximum atomic E-state index is 13.3. The molecule has 0 fully saturated rings. The largest absolute Gasteiger partial charge is 0.416 e. The summed E-state index contributed by atoms with van der Waals surface area (Å²) in [6, 6.07) is 4.37. The summed E-state index contributed by atoms with van der Waals surface area (Å²) in [5, 5.41) is 3.43. The zero-order chi connectivity index (χ0) is 25.5. The topological polar surface area (TPSA) is 59.8 Å². The average molecular weight is 456 g/mol. The van der Waals surface area contributed by atoms with Gasteiger partial charge in [-0.2, -0.15) is 13.2 Å². The molecule has 0 aliphatic carbocycles. The van der Waals surface area contributed by atoms with Crippen LogP contribution in [-0.2, 0) is 13.2 Å². The molecule has 9 heteroatoms. The molecule has 174 valence electrons. The highest BCUT2D eigenvalue weighted by Gasteiger charge is 2.33. The highest BCUT2D eigenvalue weighted by atomic mass is 19.4. The molecule has 0 saturated carbocycles. The van der Waals surface area contributed by atoms with Crippen LogP contribution in [0.2, 0.25) is 0 Å². The van der Waals surface area contributed by atoms with E-state index in [0.29, 0.717) is 22.4 Å². The summed E-state index contributed by atoms with van der Waals surface area (Å²) >= 11 is 0. The minimum Gasteiger partial charge on any atom is -0.352 e. The molecule has 1 atom stereocenters. The summed E-state index contributed by atoms with van der Waals surface area (Å²) in [4.78, 5) is 20.7. The predicted octanol–water partition coefficient (Wildman–Crippen LogP) is 4.60. The van der Waals surface area contributed by atoms with Crippen molar-refractivity contribution >= 4 is 30.2 Å². The molecule has 1 aromatic carbocycles. The quantitative estimate of drug-likeness (QED) is 0.463. The van der Waals surface area contributed by atoms with Gasteiger partial charge in [-0.05, 0) is 42.6 Å². The number of hydrogen-bond donors (Lipinski definition) is 1. The minimum absolute atomic E-state index is 0.0111. The first-order chi connectivity index (χ1) is 15.5. The minimum atomic E-state index is -4.50. The third-order valence-corrected chi connectivity index (χ3v) is 4.65. The number of hydrogen-bond acceptors (Lipinski definition) is 4. The van der Waals surface area contributed by atoms with E-state index in [1.165, 1.54) is 36.7 Å². The lowest BCUT2D eigenvalue weighted by Crippen LogP contribution is -2.33. The number of alkyl halides is 3. The number of pyridine rings is 1. The van der Waals surface area contributed by atoms with E-state index in [2.05, 4.69) is 21.2 Å². The summed E-state index contributed by atoms with van der Waals surface area (Å²) in [5.74, 6) is 3.10. The first-order valence-electron chi connectivity index (χ1n) is 10.6. The smallest absolute Gasteiger partial charge is 0.352 e. The molecule has 0 spiro atoms. The van der Waals surface area contributed by atoms with Crippen molar-refractivity contribution in [2.75, 3.05) is 5.32 Å². The summed E-state index contributed by atoms with van der Waals surface area (Å²) in [7, 11) is 7.30. The van der Waals surface area contributed by atoms with Gasteiger partial charge >= 0.3 is 6.18 Å². The molecule has 33 heavy (non-hydrogen) atoms. The van der Waals surface area contributed by atoms with Crippen LogP contribution in [0.25, 0.3) is 11.0 Å². The third-order valence-electron chi connectivity index (χ3n) is 4.65. The summed E-state index contributed by atoms with van der Waals surface area (Å²) in [6.45, 7) is 11.0. The van der Waals surface area contributed by atoms with Crippen molar-refractivity contribution in [3.63, 3.8) is 0 Å². The monoisotopic (exact) mass is 456 g/mol. The van der Waals surface area contributed by atoms with Gasteiger partial charge in [0.2, 0.25) is 5.56 Å². The molecule has 3 aromatic rings. The van der Waals surface area contributed by atoms with Crippen LogP contribution in [0.5, 0.6) is 0 Å². The van der Waals surface area contributed by atoms with Crippen molar-refractivity contribution in [1.29, 1.82) is 0 Å². The Labute approximate surface area is 193 Å². The number of anilines is 1. The van der Waals surface area contributed by atoms with E-state index in [9.17, 15) is 18.0 Å². The van der Waals surface area contributed by atoms with Gasteiger partial charge in [0.25, 0.3) is 0 Å². The number of nitrogens with one attached hydrogen (secondary N) is 1. The van der Waals surface area contributed by atoms with Crippen molar-refractivity contribution in [1.82, 2.24) is 14.5 Å². The van der Waals surface area contributed by atoms with Gasteiger partial charge in [-0.3, -0.25) is 9.36 Å². The van der Waals surface area contributed by atoms with E-state index in [1.54, 1.807) is 6.92 Å². The standard InChI is InChI=1S/C20H16BF3N4O.2C2H6/c1-5-16(12-7-6-8-14(10(12)2)20(22,23)24)27-17-13-9-15(21)19(29)28(4)18(13)26-11(3)25-17;2*1-2/h1,6-9,16H,2-4H3,(H,25,26,27);2*1-2H3. The molecule has 2 heterocycles. The second kappa shape index (κ2) is 11.5. The number of terminal acetylenes is 1. The second-order valence-corrected chi connectivity index (χ2v) is 6.58. The fourth-order valence-corrected chi connectivity index (χ4v) is 3.19. The number of halogens is 3. The van der Waals surface area contributed by atoms with E-state index in [0.717, 1.165) is 6.07 Å². The molecule has 2 aromatic heterocycles. The van der Waals surface area contributed by atoms with E-state index < -0.39 is 23.3 Å². The predicted molar refractivity (Wildman–Crippen MR) is 129 cm³/mol. The van der Waals surface area contributed by atoms with E-state index >= 15 is 0 Å². The van der Waals surface area contributed by atoms with Crippen LogP contribution in [0.4, 0.5) is 19.0 Å². The fourth-order valence-electron chi connectivity index (χ4n) is 3.19. The SMILES string of the molecule is CC.CC.[B]c1cc2c(NC(C#C)c3cccc(C(F)(F)F)c3C)nc(C)nc2n(C)c1=O. The first kappa shape index (κ1) is 27.8. The molecule has 0 amide bonds. The Hall–Kier alpha value is -3.28. The van der Waals surface area contributed by atoms with E-state index in [4.69, 9.17) is 14.3 Å². The Kier molecular flexibility index (Phi) is 9.71. The molecule has 0 saturated heterocycles. The Bertz CT molecular complexity index is 1210. The van der Waals surface area contributed by atoms with Gasteiger partial charge in [-0.15, -0.1) is 6.42 Å². The normalized spacial score (nSPS) is 11.4. The van der Waals surface area contributed by atoms with Gasteiger partial charge in [-0.1, -0.05) is 45.7 Å². The zero-order valence-corrected chi connectivity index (χ0v) is 19.9.